The fourth-order valence-corrected chi connectivity index (χ4v) is 2.22. The number of hydrogen-bond acceptors (Lipinski definition) is 4. The smallest absolute Gasteiger partial charge is 0.405 e. The summed E-state index contributed by atoms with van der Waals surface area (Å²) < 4.78 is 41.1. The van der Waals surface area contributed by atoms with E-state index < -0.39 is 24.1 Å². The molecular weight excluding hydrogens is 299 g/mol. The van der Waals surface area contributed by atoms with E-state index in [-0.39, 0.29) is 12.1 Å². The number of carbonyl (C=O) groups excluding carboxylic acids is 1. The van der Waals surface area contributed by atoms with Gasteiger partial charge in [-0.2, -0.15) is 5.26 Å². The fraction of sp³-hybridized carbons (Fsp3) is 0.429. The monoisotopic (exact) mass is 313 g/mol. The van der Waals surface area contributed by atoms with Crippen molar-refractivity contribution in [3.8, 4) is 11.8 Å². The second-order valence-corrected chi connectivity index (χ2v) is 4.92. The highest BCUT2D eigenvalue weighted by atomic mass is 19.4. The fourth-order valence-electron chi connectivity index (χ4n) is 2.22. The number of para-hydroxylation sites is 1. The highest BCUT2D eigenvalue weighted by Gasteiger charge is 2.34. The van der Waals surface area contributed by atoms with E-state index >= 15 is 0 Å². The summed E-state index contributed by atoms with van der Waals surface area (Å²) in [6, 6.07) is 6.79. The van der Waals surface area contributed by atoms with Crippen LogP contribution in [0.2, 0.25) is 0 Å². The van der Waals surface area contributed by atoms with E-state index in [0.717, 1.165) is 6.07 Å². The molecule has 1 fully saturated rings. The zero-order valence-corrected chi connectivity index (χ0v) is 11.8. The van der Waals surface area contributed by atoms with E-state index in [2.05, 4.69) is 10.8 Å². The first-order chi connectivity index (χ1) is 10.3. The van der Waals surface area contributed by atoms with E-state index in [9.17, 15) is 18.0 Å². The summed E-state index contributed by atoms with van der Waals surface area (Å²) in [6.07, 6.45) is -4.87. The van der Waals surface area contributed by atoms with Crippen LogP contribution in [0.1, 0.15) is 10.4 Å². The van der Waals surface area contributed by atoms with E-state index in [1.807, 2.05) is 0 Å². The molecular formula is C14H14F3N3O2. The Balaban J connectivity index is 2.21. The van der Waals surface area contributed by atoms with Gasteiger partial charge in [0.15, 0.2) is 0 Å². The molecule has 0 N–H and O–H groups in total. The van der Waals surface area contributed by atoms with Crippen molar-refractivity contribution in [2.45, 2.75) is 12.4 Å². The highest BCUT2D eigenvalue weighted by Crippen LogP contribution is 2.27. The third-order valence-electron chi connectivity index (χ3n) is 3.43. The van der Waals surface area contributed by atoms with Gasteiger partial charge in [0.1, 0.15) is 11.8 Å². The molecule has 118 valence electrons. The molecule has 1 heterocycles. The van der Waals surface area contributed by atoms with Crippen LogP contribution in [0.25, 0.3) is 0 Å². The number of carbonyl (C=O) groups is 1. The van der Waals surface area contributed by atoms with Gasteiger partial charge in [-0.3, -0.25) is 9.69 Å². The Labute approximate surface area is 125 Å². The molecule has 1 aromatic rings. The van der Waals surface area contributed by atoms with Crippen molar-refractivity contribution >= 4 is 5.91 Å². The molecule has 0 bridgehead atoms. The van der Waals surface area contributed by atoms with Gasteiger partial charge in [0.05, 0.1) is 11.6 Å². The minimum atomic E-state index is -4.87. The van der Waals surface area contributed by atoms with Crippen molar-refractivity contribution < 1.29 is 22.7 Å². The maximum atomic E-state index is 12.4. The number of halogens is 3. The van der Waals surface area contributed by atoms with E-state index in [1.165, 1.54) is 23.1 Å². The highest BCUT2D eigenvalue weighted by molar-refractivity contribution is 5.97. The topological polar surface area (TPSA) is 56.6 Å². The van der Waals surface area contributed by atoms with Crippen molar-refractivity contribution in [2.24, 2.45) is 0 Å². The molecule has 1 aliphatic heterocycles. The van der Waals surface area contributed by atoms with E-state index in [4.69, 9.17) is 5.26 Å². The summed E-state index contributed by atoms with van der Waals surface area (Å²) in [5.41, 5.74) is -0.166. The van der Waals surface area contributed by atoms with Crippen LogP contribution in [-0.4, -0.2) is 54.8 Å². The summed E-state index contributed by atoms with van der Waals surface area (Å²) in [7, 11) is 1.76. The largest absolute Gasteiger partial charge is 0.573 e. The van der Waals surface area contributed by atoms with Crippen molar-refractivity contribution in [2.75, 3.05) is 26.7 Å². The number of likely N-dealkylation sites (N-methyl/N-ethyl adjacent to an activating group) is 1. The van der Waals surface area contributed by atoms with Crippen LogP contribution in [-0.2, 0) is 0 Å². The number of alkyl halides is 3. The predicted molar refractivity (Wildman–Crippen MR) is 71.1 cm³/mol. The lowest BCUT2D eigenvalue weighted by atomic mass is 10.1. The molecule has 1 amide bonds. The van der Waals surface area contributed by atoms with Gasteiger partial charge in [0, 0.05) is 19.6 Å². The minimum Gasteiger partial charge on any atom is -0.405 e. The molecule has 1 atom stereocenters. The third-order valence-corrected chi connectivity index (χ3v) is 3.43. The maximum absolute atomic E-state index is 12.4. The molecule has 0 unspecified atom stereocenters. The van der Waals surface area contributed by atoms with Crippen molar-refractivity contribution in [3.05, 3.63) is 29.8 Å². The minimum absolute atomic E-state index is 0.145. The number of piperazine rings is 1. The standard InChI is InChI=1S/C14H14F3N3O2/c1-19-6-7-20(9-10(19)8-18)13(21)11-4-2-3-5-12(11)22-14(15,16)17/h2-5,10H,6-7,9H2,1H3/t10-/m1/s1. The first-order valence-electron chi connectivity index (χ1n) is 6.55. The Morgan fingerprint density at radius 3 is 2.68 bits per heavy atom. The molecule has 5 nitrogen and oxygen atoms in total. The Bertz CT molecular complexity index is 598. The summed E-state index contributed by atoms with van der Waals surface area (Å²) in [6.45, 7) is 0.965. The molecule has 2 rings (SSSR count). The predicted octanol–water partition coefficient (Wildman–Crippen LogP) is 1.86. The second kappa shape index (κ2) is 6.23. The van der Waals surface area contributed by atoms with Crippen LogP contribution < -0.4 is 4.74 Å². The van der Waals surface area contributed by atoms with Crippen molar-refractivity contribution in [1.82, 2.24) is 9.80 Å². The van der Waals surface area contributed by atoms with Gasteiger partial charge >= 0.3 is 6.36 Å². The van der Waals surface area contributed by atoms with Crippen LogP contribution >= 0.6 is 0 Å². The van der Waals surface area contributed by atoms with Crippen LogP contribution in [0.3, 0.4) is 0 Å². The van der Waals surface area contributed by atoms with Crippen LogP contribution in [0.4, 0.5) is 13.2 Å². The lowest BCUT2D eigenvalue weighted by Gasteiger charge is -2.36. The van der Waals surface area contributed by atoms with Gasteiger partial charge in [0.2, 0.25) is 0 Å². The molecule has 0 spiro atoms. The first-order valence-corrected chi connectivity index (χ1v) is 6.55. The van der Waals surface area contributed by atoms with Crippen LogP contribution in [0, 0.1) is 11.3 Å². The van der Waals surface area contributed by atoms with E-state index in [1.54, 1.807) is 11.9 Å². The van der Waals surface area contributed by atoms with Crippen molar-refractivity contribution in [1.29, 1.82) is 5.26 Å². The van der Waals surface area contributed by atoms with Crippen LogP contribution in [0.15, 0.2) is 24.3 Å². The first kappa shape index (κ1) is 16.1. The second-order valence-electron chi connectivity index (χ2n) is 4.92. The zero-order valence-electron chi connectivity index (χ0n) is 11.8. The quantitative estimate of drug-likeness (QED) is 0.836. The summed E-state index contributed by atoms with van der Waals surface area (Å²) in [4.78, 5) is 15.6. The molecule has 22 heavy (non-hydrogen) atoms. The Morgan fingerprint density at radius 2 is 2.05 bits per heavy atom. The molecule has 0 saturated carbocycles. The zero-order chi connectivity index (χ0) is 16.3. The summed E-state index contributed by atoms with van der Waals surface area (Å²) in [5.74, 6) is -1.11. The normalized spacial score (nSPS) is 19.6. The number of amides is 1. The number of benzene rings is 1. The average Bonchev–Trinajstić information content (AvgIpc) is 2.46. The number of nitriles is 1. The van der Waals surface area contributed by atoms with E-state index in [0.29, 0.717) is 13.1 Å². The maximum Gasteiger partial charge on any atom is 0.573 e. The van der Waals surface area contributed by atoms with Crippen molar-refractivity contribution in [3.63, 3.8) is 0 Å². The van der Waals surface area contributed by atoms with Gasteiger partial charge < -0.3 is 9.64 Å². The number of rotatable bonds is 2. The molecule has 0 aromatic heterocycles. The molecule has 8 heteroatoms. The molecule has 1 saturated heterocycles. The number of nitrogens with zero attached hydrogens (tertiary/aromatic N) is 3. The summed E-state index contributed by atoms with van der Waals surface area (Å²) >= 11 is 0. The Hall–Kier alpha value is -2.27. The molecule has 0 radical (unpaired) electrons. The average molecular weight is 313 g/mol. The lowest BCUT2D eigenvalue weighted by molar-refractivity contribution is -0.274. The number of hydrogen-bond donors (Lipinski definition) is 0. The SMILES string of the molecule is CN1CCN(C(=O)c2ccccc2OC(F)(F)F)C[C@H]1C#N. The van der Waals surface area contributed by atoms with Gasteiger partial charge in [0.25, 0.3) is 5.91 Å². The molecule has 1 aliphatic rings. The Morgan fingerprint density at radius 1 is 1.36 bits per heavy atom. The lowest BCUT2D eigenvalue weighted by Crippen LogP contribution is -2.52. The molecule has 0 aliphatic carbocycles. The Kier molecular flexibility index (Phi) is 4.56. The van der Waals surface area contributed by atoms with Gasteiger partial charge in [-0.1, -0.05) is 12.1 Å². The summed E-state index contributed by atoms with van der Waals surface area (Å²) in [5, 5.41) is 9.04. The van der Waals surface area contributed by atoms with Crippen LogP contribution in [0.5, 0.6) is 5.75 Å². The van der Waals surface area contributed by atoms with Gasteiger partial charge in [-0.15, -0.1) is 13.2 Å². The third kappa shape index (κ3) is 3.68. The molecule has 1 aromatic carbocycles. The van der Waals surface area contributed by atoms with Gasteiger partial charge in [-0.05, 0) is 19.2 Å². The van der Waals surface area contributed by atoms with Gasteiger partial charge in [-0.25, -0.2) is 0 Å². The number of ether oxygens (including phenoxy) is 1.